The topological polar surface area (TPSA) is 128 Å². The number of benzene rings is 1. The van der Waals surface area contributed by atoms with E-state index in [0.29, 0.717) is 67.4 Å². The molecule has 212 valence electrons. The lowest BCUT2D eigenvalue weighted by atomic mass is 10.0. The number of halogens is 2. The fourth-order valence-electron chi connectivity index (χ4n) is 5.49. The Morgan fingerprint density at radius 3 is 2.63 bits per heavy atom. The summed E-state index contributed by atoms with van der Waals surface area (Å²) in [5, 5.41) is 19.5. The number of nitrogens with zero attached hydrogens (tertiary/aromatic N) is 6. The van der Waals surface area contributed by atoms with E-state index in [2.05, 4.69) is 20.7 Å². The molecule has 11 nitrogen and oxygen atoms in total. The maximum atomic E-state index is 14.6. The van der Waals surface area contributed by atoms with Gasteiger partial charge in [0.1, 0.15) is 34.7 Å². The summed E-state index contributed by atoms with van der Waals surface area (Å²) in [6.45, 7) is 1.50. The number of rotatable bonds is 6. The van der Waals surface area contributed by atoms with Crippen LogP contribution in [0.3, 0.4) is 0 Å². The van der Waals surface area contributed by atoms with Gasteiger partial charge in [-0.2, -0.15) is 5.10 Å². The van der Waals surface area contributed by atoms with E-state index in [4.69, 9.17) is 10.1 Å². The highest BCUT2D eigenvalue weighted by Gasteiger charge is 2.30. The minimum Gasteiger partial charge on any atom is -0.465 e. The Bertz CT molecular complexity index is 1600. The summed E-state index contributed by atoms with van der Waals surface area (Å²) in [6, 6.07) is 10.0. The number of amides is 2. The SMILES string of the molecule is O=C(Nc1cnn2ccc(N3CCCC3c3cc(F)ccc3F)nc12)c1cccc(NC2CCN(C(=O)O)CC2)n1. The molecule has 3 aromatic heterocycles. The molecule has 6 rings (SSSR count). The first-order valence-corrected chi connectivity index (χ1v) is 13.4. The van der Waals surface area contributed by atoms with Crippen LogP contribution in [0.2, 0.25) is 0 Å². The summed E-state index contributed by atoms with van der Waals surface area (Å²) in [7, 11) is 0. The minimum atomic E-state index is -0.921. The number of anilines is 3. The second-order valence-corrected chi connectivity index (χ2v) is 10.2. The van der Waals surface area contributed by atoms with E-state index in [9.17, 15) is 18.4 Å². The lowest BCUT2D eigenvalue weighted by molar-refractivity contribution is 0.102. The van der Waals surface area contributed by atoms with Crippen LogP contribution in [-0.2, 0) is 0 Å². The Morgan fingerprint density at radius 1 is 1.00 bits per heavy atom. The first-order chi connectivity index (χ1) is 19.9. The van der Waals surface area contributed by atoms with E-state index in [-0.39, 0.29) is 17.8 Å². The van der Waals surface area contributed by atoms with Crippen molar-refractivity contribution in [2.24, 2.45) is 0 Å². The van der Waals surface area contributed by atoms with Crippen LogP contribution in [0.25, 0.3) is 5.65 Å². The quantitative estimate of drug-likeness (QED) is 0.312. The molecule has 13 heteroatoms. The molecular formula is C28H28F2N8O3. The second-order valence-electron chi connectivity index (χ2n) is 10.2. The Labute approximate surface area is 233 Å². The van der Waals surface area contributed by atoms with Crippen molar-refractivity contribution in [3.63, 3.8) is 0 Å². The number of likely N-dealkylation sites (tertiary alicyclic amines) is 1. The molecule has 1 unspecified atom stereocenters. The normalized spacial score (nSPS) is 17.7. The van der Waals surface area contributed by atoms with Crippen LogP contribution in [0.1, 0.15) is 47.8 Å². The molecule has 2 aliphatic rings. The van der Waals surface area contributed by atoms with Crippen LogP contribution >= 0.6 is 0 Å². The van der Waals surface area contributed by atoms with Gasteiger partial charge in [-0.05, 0) is 62.1 Å². The predicted molar refractivity (Wildman–Crippen MR) is 147 cm³/mol. The van der Waals surface area contributed by atoms with Gasteiger partial charge in [0.2, 0.25) is 0 Å². The zero-order valence-corrected chi connectivity index (χ0v) is 22.0. The molecule has 3 N–H and O–H groups in total. The van der Waals surface area contributed by atoms with E-state index < -0.39 is 23.6 Å². The summed E-state index contributed by atoms with van der Waals surface area (Å²) < 4.78 is 30.0. The van der Waals surface area contributed by atoms with Gasteiger partial charge in [0, 0.05) is 37.4 Å². The molecule has 41 heavy (non-hydrogen) atoms. The van der Waals surface area contributed by atoms with Crippen molar-refractivity contribution in [3.8, 4) is 0 Å². The zero-order valence-electron chi connectivity index (χ0n) is 22.0. The molecule has 2 saturated heterocycles. The van der Waals surface area contributed by atoms with Crippen molar-refractivity contribution >= 4 is 35.0 Å². The van der Waals surface area contributed by atoms with Crippen LogP contribution in [0.15, 0.2) is 54.9 Å². The van der Waals surface area contributed by atoms with Gasteiger partial charge in [0.25, 0.3) is 5.91 Å². The minimum absolute atomic E-state index is 0.0499. The Kier molecular flexibility index (Phi) is 7.08. The number of piperidine rings is 1. The third kappa shape index (κ3) is 5.47. The number of pyridine rings is 1. The number of carboxylic acid groups (broad SMARTS) is 1. The second kappa shape index (κ2) is 11.0. The summed E-state index contributed by atoms with van der Waals surface area (Å²) in [5.74, 6) is -0.308. The van der Waals surface area contributed by atoms with E-state index in [0.717, 1.165) is 18.6 Å². The fourth-order valence-corrected chi connectivity index (χ4v) is 5.49. The Hall–Kier alpha value is -4.81. The maximum absolute atomic E-state index is 14.6. The third-order valence-corrected chi connectivity index (χ3v) is 7.57. The summed E-state index contributed by atoms with van der Waals surface area (Å²) in [5.41, 5.74) is 1.26. The lowest BCUT2D eigenvalue weighted by Gasteiger charge is -2.30. The van der Waals surface area contributed by atoms with E-state index in [1.54, 1.807) is 30.5 Å². The standard InChI is InChI=1S/C28H28F2N8O3/c29-17-6-7-20(30)19(15-17)23-4-2-11-37(23)25-10-14-38-26(35-25)22(16-31-38)34-27(39)21-3-1-5-24(33-21)32-18-8-12-36(13-9-18)28(40)41/h1,3,5-7,10,14-16,18,23H,2,4,8-9,11-13H2,(H,32,33)(H,34,39)(H,40,41). The number of carbonyl (C=O) groups excluding carboxylic acids is 1. The number of carbonyl (C=O) groups is 2. The van der Waals surface area contributed by atoms with Gasteiger partial charge in [-0.15, -0.1) is 0 Å². The molecule has 2 amide bonds. The molecule has 0 radical (unpaired) electrons. The average Bonchev–Trinajstić information content (AvgIpc) is 3.62. The van der Waals surface area contributed by atoms with Gasteiger partial charge in [0.15, 0.2) is 5.65 Å². The molecule has 2 fully saturated rings. The van der Waals surface area contributed by atoms with Gasteiger partial charge in [0.05, 0.1) is 12.2 Å². The number of fused-ring (bicyclic) bond motifs is 1. The molecule has 0 saturated carbocycles. The number of hydrogen-bond acceptors (Lipinski definition) is 7. The summed E-state index contributed by atoms with van der Waals surface area (Å²) >= 11 is 0. The lowest BCUT2D eigenvalue weighted by Crippen LogP contribution is -2.41. The van der Waals surface area contributed by atoms with Crippen LogP contribution in [0.4, 0.5) is 30.9 Å². The fraction of sp³-hybridized carbons (Fsp3) is 0.321. The van der Waals surface area contributed by atoms with Crippen LogP contribution in [-0.4, -0.2) is 67.3 Å². The third-order valence-electron chi connectivity index (χ3n) is 7.57. The molecule has 1 aromatic carbocycles. The van der Waals surface area contributed by atoms with Crippen LogP contribution in [0.5, 0.6) is 0 Å². The monoisotopic (exact) mass is 562 g/mol. The molecule has 5 heterocycles. The first kappa shape index (κ1) is 26.4. The van der Waals surface area contributed by atoms with E-state index in [1.807, 2.05) is 4.90 Å². The summed E-state index contributed by atoms with van der Waals surface area (Å²) in [6.07, 6.45) is 5.03. The molecule has 0 aliphatic carbocycles. The highest BCUT2D eigenvalue weighted by Crippen LogP contribution is 2.37. The summed E-state index contributed by atoms with van der Waals surface area (Å²) in [4.78, 5) is 36.8. The van der Waals surface area contributed by atoms with Gasteiger partial charge in [-0.3, -0.25) is 4.79 Å². The van der Waals surface area contributed by atoms with Crippen molar-refractivity contribution in [2.75, 3.05) is 35.2 Å². The molecule has 1 atom stereocenters. The predicted octanol–water partition coefficient (Wildman–Crippen LogP) is 4.55. The van der Waals surface area contributed by atoms with Crippen molar-refractivity contribution in [1.29, 1.82) is 0 Å². The number of nitrogens with one attached hydrogen (secondary N) is 2. The highest BCUT2D eigenvalue weighted by molar-refractivity contribution is 6.04. The maximum Gasteiger partial charge on any atom is 0.407 e. The molecular weight excluding hydrogens is 534 g/mol. The Balaban J connectivity index is 1.18. The van der Waals surface area contributed by atoms with Crippen molar-refractivity contribution in [2.45, 2.75) is 37.8 Å². The molecule has 0 spiro atoms. The first-order valence-electron chi connectivity index (χ1n) is 13.4. The molecule has 4 aromatic rings. The van der Waals surface area contributed by atoms with Crippen LogP contribution in [0, 0.1) is 11.6 Å². The largest absolute Gasteiger partial charge is 0.465 e. The number of aromatic nitrogens is 4. The molecule has 0 bridgehead atoms. The van der Waals surface area contributed by atoms with E-state index >= 15 is 0 Å². The molecule has 2 aliphatic heterocycles. The van der Waals surface area contributed by atoms with Crippen molar-refractivity contribution in [3.05, 3.63) is 77.8 Å². The van der Waals surface area contributed by atoms with Crippen LogP contribution < -0.4 is 15.5 Å². The van der Waals surface area contributed by atoms with Gasteiger partial charge in [-0.1, -0.05) is 6.07 Å². The van der Waals surface area contributed by atoms with Gasteiger partial charge in [-0.25, -0.2) is 28.1 Å². The van der Waals surface area contributed by atoms with E-state index in [1.165, 1.54) is 21.7 Å². The van der Waals surface area contributed by atoms with Gasteiger partial charge >= 0.3 is 6.09 Å². The smallest absolute Gasteiger partial charge is 0.407 e. The average molecular weight is 563 g/mol. The van der Waals surface area contributed by atoms with Crippen molar-refractivity contribution in [1.82, 2.24) is 24.5 Å². The Morgan fingerprint density at radius 2 is 1.83 bits per heavy atom. The van der Waals surface area contributed by atoms with Gasteiger partial charge < -0.3 is 25.5 Å². The highest BCUT2D eigenvalue weighted by atomic mass is 19.1. The number of hydrogen-bond donors (Lipinski definition) is 3. The van der Waals surface area contributed by atoms with Crippen molar-refractivity contribution < 1.29 is 23.5 Å². The zero-order chi connectivity index (χ0) is 28.5.